The molecule has 19 heavy (non-hydrogen) atoms. The Balaban J connectivity index is 2.21. The lowest BCUT2D eigenvalue weighted by Crippen LogP contribution is -2.34. The number of fused-ring (bicyclic) bond motifs is 1. The summed E-state index contributed by atoms with van der Waals surface area (Å²) in [6.45, 7) is 4.71. The second kappa shape index (κ2) is 6.15. The maximum Gasteiger partial charge on any atom is 0.255 e. The van der Waals surface area contributed by atoms with Crippen LogP contribution in [0.25, 0.3) is 0 Å². The molecule has 1 aliphatic rings. The van der Waals surface area contributed by atoms with E-state index in [-0.39, 0.29) is 5.91 Å². The average Bonchev–Trinajstić information content (AvgIpc) is 2.54. The molecule has 2 rings (SSSR count). The van der Waals surface area contributed by atoms with Gasteiger partial charge < -0.3 is 9.80 Å². The Morgan fingerprint density at radius 3 is 2.95 bits per heavy atom. The minimum Gasteiger partial charge on any atom is -0.339 e. The van der Waals surface area contributed by atoms with Crippen molar-refractivity contribution in [1.82, 2.24) is 14.8 Å². The summed E-state index contributed by atoms with van der Waals surface area (Å²) in [7, 11) is 4.18. The number of hydrogen-bond donors (Lipinski definition) is 0. The van der Waals surface area contributed by atoms with Crippen molar-refractivity contribution < 1.29 is 4.79 Å². The third kappa shape index (κ3) is 3.32. The second-order valence-corrected chi connectivity index (χ2v) is 5.50. The maximum absolute atomic E-state index is 12.4. The van der Waals surface area contributed by atoms with Crippen molar-refractivity contribution in [2.75, 3.05) is 33.7 Å². The maximum atomic E-state index is 12.4. The molecule has 1 amide bonds. The van der Waals surface area contributed by atoms with Crippen molar-refractivity contribution in [3.63, 3.8) is 0 Å². The number of aromatic nitrogens is 1. The highest BCUT2D eigenvalue weighted by molar-refractivity contribution is 5.95. The van der Waals surface area contributed by atoms with E-state index in [4.69, 9.17) is 0 Å². The van der Waals surface area contributed by atoms with Gasteiger partial charge in [-0.2, -0.15) is 0 Å². The van der Waals surface area contributed by atoms with Gasteiger partial charge in [0.1, 0.15) is 0 Å². The normalized spacial score (nSPS) is 19.5. The summed E-state index contributed by atoms with van der Waals surface area (Å²) in [5.74, 6) is 0.639. The van der Waals surface area contributed by atoms with Crippen LogP contribution >= 0.6 is 0 Å². The summed E-state index contributed by atoms with van der Waals surface area (Å²) in [5.41, 5.74) is 1.75. The zero-order valence-electron chi connectivity index (χ0n) is 12.1. The molecule has 104 valence electrons. The van der Waals surface area contributed by atoms with E-state index in [0.717, 1.165) is 43.7 Å². The largest absolute Gasteiger partial charge is 0.339 e. The van der Waals surface area contributed by atoms with Crippen LogP contribution in [-0.4, -0.2) is 54.4 Å². The Kier molecular flexibility index (Phi) is 4.53. The lowest BCUT2D eigenvalue weighted by molar-refractivity contribution is 0.0745. The number of rotatable bonds is 4. The predicted octanol–water partition coefficient (Wildman–Crippen LogP) is 1.67. The molecule has 1 atom stereocenters. The Labute approximate surface area is 115 Å². The first-order valence-corrected chi connectivity index (χ1v) is 6.99. The zero-order chi connectivity index (χ0) is 13.8. The van der Waals surface area contributed by atoms with Crippen molar-refractivity contribution in [2.45, 2.75) is 19.8 Å². The minimum atomic E-state index is 0.137. The first kappa shape index (κ1) is 14.0. The summed E-state index contributed by atoms with van der Waals surface area (Å²) >= 11 is 0. The van der Waals surface area contributed by atoms with E-state index < -0.39 is 0 Å². The molecule has 4 heteroatoms. The van der Waals surface area contributed by atoms with Crippen LogP contribution < -0.4 is 0 Å². The molecule has 1 aromatic rings. The molecule has 1 aliphatic heterocycles. The monoisotopic (exact) mass is 261 g/mol. The van der Waals surface area contributed by atoms with Crippen LogP contribution in [0, 0.1) is 5.92 Å². The lowest BCUT2D eigenvalue weighted by atomic mass is 9.98. The smallest absolute Gasteiger partial charge is 0.255 e. The first-order valence-electron chi connectivity index (χ1n) is 6.99. The standard InChI is InChI=1S/C15H23N3O/c1-4-18-11-12(7-9-17(2)3)10-14-13(15(18)19)6-5-8-16-14/h5-6,8,12H,4,7,9-11H2,1-3H3. The van der Waals surface area contributed by atoms with Gasteiger partial charge in [0, 0.05) is 19.3 Å². The van der Waals surface area contributed by atoms with Gasteiger partial charge in [-0.25, -0.2) is 0 Å². The molecule has 0 aromatic carbocycles. The molecule has 0 N–H and O–H groups in total. The van der Waals surface area contributed by atoms with Crippen LogP contribution in [0.4, 0.5) is 0 Å². The lowest BCUT2D eigenvalue weighted by Gasteiger charge is -2.24. The highest BCUT2D eigenvalue weighted by atomic mass is 16.2. The molecule has 0 radical (unpaired) electrons. The van der Waals surface area contributed by atoms with E-state index in [1.165, 1.54) is 0 Å². The van der Waals surface area contributed by atoms with Crippen LogP contribution in [0.2, 0.25) is 0 Å². The summed E-state index contributed by atoms with van der Waals surface area (Å²) in [6.07, 6.45) is 3.80. The number of pyridine rings is 1. The first-order chi connectivity index (χ1) is 9.11. The van der Waals surface area contributed by atoms with E-state index in [9.17, 15) is 4.79 Å². The summed E-state index contributed by atoms with van der Waals surface area (Å²) in [6, 6.07) is 3.76. The van der Waals surface area contributed by atoms with Crippen LogP contribution in [0.5, 0.6) is 0 Å². The van der Waals surface area contributed by atoms with E-state index in [1.54, 1.807) is 6.20 Å². The number of hydrogen-bond acceptors (Lipinski definition) is 3. The van der Waals surface area contributed by atoms with Crippen molar-refractivity contribution in [3.05, 3.63) is 29.6 Å². The Hall–Kier alpha value is -1.42. The van der Waals surface area contributed by atoms with Crippen LogP contribution in [0.15, 0.2) is 18.3 Å². The third-order valence-electron chi connectivity index (χ3n) is 3.73. The highest BCUT2D eigenvalue weighted by Gasteiger charge is 2.27. The second-order valence-electron chi connectivity index (χ2n) is 5.50. The quantitative estimate of drug-likeness (QED) is 0.827. The molecular formula is C15H23N3O. The van der Waals surface area contributed by atoms with Gasteiger partial charge >= 0.3 is 0 Å². The van der Waals surface area contributed by atoms with Crippen molar-refractivity contribution in [3.8, 4) is 0 Å². The van der Waals surface area contributed by atoms with Crippen LogP contribution in [0.3, 0.4) is 0 Å². The van der Waals surface area contributed by atoms with E-state index in [2.05, 4.69) is 24.0 Å². The summed E-state index contributed by atoms with van der Waals surface area (Å²) in [5, 5.41) is 0. The molecule has 0 spiro atoms. The molecule has 0 aliphatic carbocycles. The fourth-order valence-electron chi connectivity index (χ4n) is 2.61. The molecular weight excluding hydrogens is 238 g/mol. The van der Waals surface area contributed by atoms with Gasteiger partial charge in [0.15, 0.2) is 0 Å². The summed E-state index contributed by atoms with van der Waals surface area (Å²) in [4.78, 5) is 21.0. The zero-order valence-corrected chi connectivity index (χ0v) is 12.1. The SMILES string of the molecule is CCN1CC(CCN(C)C)Cc2ncccc2C1=O. The van der Waals surface area contributed by atoms with E-state index in [1.807, 2.05) is 24.0 Å². The van der Waals surface area contributed by atoms with E-state index in [0.29, 0.717) is 5.92 Å². The Morgan fingerprint density at radius 1 is 1.47 bits per heavy atom. The molecule has 2 heterocycles. The molecule has 4 nitrogen and oxygen atoms in total. The van der Waals surface area contributed by atoms with Gasteiger partial charge in [-0.1, -0.05) is 0 Å². The molecule has 0 saturated carbocycles. The molecule has 1 aromatic heterocycles. The summed E-state index contributed by atoms with van der Waals surface area (Å²) < 4.78 is 0. The van der Waals surface area contributed by atoms with Gasteiger partial charge in [0.25, 0.3) is 5.91 Å². The molecule has 1 unspecified atom stereocenters. The van der Waals surface area contributed by atoms with Crippen LogP contribution in [0.1, 0.15) is 29.4 Å². The fourth-order valence-corrected chi connectivity index (χ4v) is 2.61. The van der Waals surface area contributed by atoms with Crippen molar-refractivity contribution in [1.29, 1.82) is 0 Å². The average molecular weight is 261 g/mol. The number of nitrogens with zero attached hydrogens (tertiary/aromatic N) is 3. The van der Waals surface area contributed by atoms with Gasteiger partial charge in [-0.05, 0) is 58.5 Å². The Bertz CT molecular complexity index is 445. The van der Waals surface area contributed by atoms with Gasteiger partial charge in [0.2, 0.25) is 0 Å². The number of amides is 1. The number of carbonyl (C=O) groups excluding carboxylic acids is 1. The third-order valence-corrected chi connectivity index (χ3v) is 3.73. The Morgan fingerprint density at radius 2 is 2.26 bits per heavy atom. The minimum absolute atomic E-state index is 0.137. The van der Waals surface area contributed by atoms with Gasteiger partial charge in [-0.15, -0.1) is 0 Å². The van der Waals surface area contributed by atoms with Gasteiger partial charge in [0.05, 0.1) is 11.3 Å². The number of carbonyl (C=O) groups is 1. The molecule has 0 bridgehead atoms. The van der Waals surface area contributed by atoms with Crippen molar-refractivity contribution >= 4 is 5.91 Å². The highest BCUT2D eigenvalue weighted by Crippen LogP contribution is 2.22. The molecule has 0 fully saturated rings. The predicted molar refractivity (Wildman–Crippen MR) is 76.2 cm³/mol. The van der Waals surface area contributed by atoms with Crippen molar-refractivity contribution in [2.24, 2.45) is 5.92 Å². The van der Waals surface area contributed by atoms with E-state index >= 15 is 0 Å². The van der Waals surface area contributed by atoms with Crippen LogP contribution in [-0.2, 0) is 6.42 Å². The van der Waals surface area contributed by atoms with Gasteiger partial charge in [-0.3, -0.25) is 9.78 Å². The fraction of sp³-hybridized carbons (Fsp3) is 0.600. The molecule has 0 saturated heterocycles. The topological polar surface area (TPSA) is 36.4 Å².